The van der Waals surface area contributed by atoms with Crippen molar-refractivity contribution >= 4 is 5.91 Å². The number of hydrogen-bond donors (Lipinski definition) is 1. The summed E-state index contributed by atoms with van der Waals surface area (Å²) in [5.74, 6) is -2.35. The molecule has 5 nitrogen and oxygen atoms in total. The maximum absolute atomic E-state index is 14.0. The Labute approximate surface area is 156 Å². The van der Waals surface area contributed by atoms with Crippen LogP contribution in [0.2, 0.25) is 0 Å². The Hall–Kier alpha value is -2.51. The largest absolute Gasteiger partial charge is 0.491 e. The zero-order chi connectivity index (χ0) is 19.6. The number of amides is 1. The molecular weight excluding hydrogens is 356 g/mol. The zero-order valence-electron chi connectivity index (χ0n) is 15.1. The molecule has 2 aromatic carbocycles. The highest BCUT2D eigenvalue weighted by atomic mass is 19.1. The molecule has 1 aliphatic rings. The van der Waals surface area contributed by atoms with Crippen molar-refractivity contribution < 1.29 is 28.2 Å². The third-order valence-electron chi connectivity index (χ3n) is 4.67. The SMILES string of the molecule is CCN(C(=O)c1cccc(-c2cc(F)c(OC)c(F)c2)c1)[C@H]1COC[C@@H]1O. The van der Waals surface area contributed by atoms with Crippen LogP contribution in [0.25, 0.3) is 11.1 Å². The van der Waals surface area contributed by atoms with Crippen LogP contribution >= 0.6 is 0 Å². The van der Waals surface area contributed by atoms with Gasteiger partial charge in [-0.25, -0.2) is 8.78 Å². The summed E-state index contributed by atoms with van der Waals surface area (Å²) in [6, 6.07) is 8.44. The summed E-state index contributed by atoms with van der Waals surface area (Å²) in [6.07, 6.45) is -0.734. The molecule has 0 saturated carbocycles. The molecule has 1 saturated heterocycles. The topological polar surface area (TPSA) is 59.0 Å². The van der Waals surface area contributed by atoms with E-state index < -0.39 is 29.5 Å². The lowest BCUT2D eigenvalue weighted by Gasteiger charge is -2.29. The van der Waals surface area contributed by atoms with Crippen LogP contribution in [0.1, 0.15) is 17.3 Å². The molecule has 0 unspecified atom stereocenters. The Morgan fingerprint density at radius 1 is 1.22 bits per heavy atom. The molecule has 1 amide bonds. The quantitative estimate of drug-likeness (QED) is 0.871. The van der Waals surface area contributed by atoms with Crippen molar-refractivity contribution in [2.24, 2.45) is 0 Å². The Morgan fingerprint density at radius 3 is 2.48 bits per heavy atom. The number of nitrogens with zero attached hydrogens (tertiary/aromatic N) is 1. The number of aliphatic hydroxyl groups is 1. The molecule has 1 aliphatic heterocycles. The van der Waals surface area contributed by atoms with Crippen LogP contribution in [0.3, 0.4) is 0 Å². The van der Waals surface area contributed by atoms with Crippen LogP contribution in [-0.4, -0.2) is 54.9 Å². The minimum absolute atomic E-state index is 0.193. The van der Waals surface area contributed by atoms with E-state index in [9.17, 15) is 18.7 Å². The molecule has 0 spiro atoms. The van der Waals surface area contributed by atoms with Crippen molar-refractivity contribution in [1.29, 1.82) is 0 Å². The average Bonchev–Trinajstić information content (AvgIpc) is 3.08. The molecule has 0 aromatic heterocycles. The van der Waals surface area contributed by atoms with E-state index in [2.05, 4.69) is 0 Å². The number of likely N-dealkylation sites (N-methyl/N-ethyl adjacent to an activating group) is 1. The number of rotatable bonds is 5. The highest BCUT2D eigenvalue weighted by Crippen LogP contribution is 2.29. The van der Waals surface area contributed by atoms with Gasteiger partial charge in [0.05, 0.1) is 32.5 Å². The molecule has 27 heavy (non-hydrogen) atoms. The van der Waals surface area contributed by atoms with Gasteiger partial charge in [-0.15, -0.1) is 0 Å². The first-order valence-corrected chi connectivity index (χ1v) is 8.66. The number of hydrogen-bond acceptors (Lipinski definition) is 4. The minimum atomic E-state index is -0.814. The van der Waals surface area contributed by atoms with Crippen LogP contribution in [0.4, 0.5) is 8.78 Å². The average molecular weight is 377 g/mol. The first-order chi connectivity index (χ1) is 13.0. The van der Waals surface area contributed by atoms with Crippen LogP contribution in [0.5, 0.6) is 5.75 Å². The molecule has 144 valence electrons. The predicted octanol–water partition coefficient (Wildman–Crippen LogP) is 2.86. The normalized spacial score (nSPS) is 19.1. The van der Waals surface area contributed by atoms with Gasteiger partial charge >= 0.3 is 0 Å². The van der Waals surface area contributed by atoms with E-state index in [1.54, 1.807) is 29.2 Å². The van der Waals surface area contributed by atoms with Gasteiger partial charge in [-0.3, -0.25) is 4.79 Å². The fourth-order valence-electron chi connectivity index (χ4n) is 3.28. The highest BCUT2D eigenvalue weighted by Gasteiger charge is 2.34. The van der Waals surface area contributed by atoms with Gasteiger partial charge in [0.1, 0.15) is 0 Å². The van der Waals surface area contributed by atoms with Crippen molar-refractivity contribution in [3.8, 4) is 16.9 Å². The summed E-state index contributed by atoms with van der Waals surface area (Å²) < 4.78 is 37.9. The summed E-state index contributed by atoms with van der Waals surface area (Å²) in [5, 5.41) is 10.0. The smallest absolute Gasteiger partial charge is 0.254 e. The molecule has 2 atom stereocenters. The fraction of sp³-hybridized carbons (Fsp3) is 0.350. The second kappa shape index (κ2) is 8.02. The van der Waals surface area contributed by atoms with E-state index >= 15 is 0 Å². The number of carbonyl (C=O) groups excluding carboxylic acids is 1. The summed E-state index contributed by atoms with van der Waals surface area (Å²) in [7, 11) is 1.20. The van der Waals surface area contributed by atoms with Crippen molar-refractivity contribution in [2.75, 3.05) is 26.9 Å². The van der Waals surface area contributed by atoms with Crippen LogP contribution in [-0.2, 0) is 4.74 Å². The lowest BCUT2D eigenvalue weighted by Crippen LogP contribution is -2.46. The van der Waals surface area contributed by atoms with Crippen molar-refractivity contribution in [1.82, 2.24) is 4.90 Å². The molecule has 0 radical (unpaired) electrons. The van der Waals surface area contributed by atoms with E-state index in [0.29, 0.717) is 23.2 Å². The zero-order valence-corrected chi connectivity index (χ0v) is 15.1. The van der Waals surface area contributed by atoms with Crippen LogP contribution < -0.4 is 4.74 Å². The molecule has 1 N–H and O–H groups in total. The van der Waals surface area contributed by atoms with Gasteiger partial charge in [-0.05, 0) is 42.3 Å². The maximum Gasteiger partial charge on any atom is 0.254 e. The van der Waals surface area contributed by atoms with Gasteiger partial charge in [0.15, 0.2) is 17.4 Å². The Morgan fingerprint density at radius 2 is 1.93 bits per heavy atom. The molecule has 1 heterocycles. The van der Waals surface area contributed by atoms with Crippen molar-refractivity contribution in [2.45, 2.75) is 19.1 Å². The second-order valence-electron chi connectivity index (χ2n) is 6.32. The molecule has 3 rings (SSSR count). The van der Waals surface area contributed by atoms with Gasteiger partial charge in [-0.1, -0.05) is 12.1 Å². The number of benzene rings is 2. The molecule has 0 bridgehead atoms. The van der Waals surface area contributed by atoms with E-state index in [0.717, 1.165) is 12.1 Å². The minimum Gasteiger partial charge on any atom is -0.491 e. The number of aliphatic hydroxyl groups excluding tert-OH is 1. The van der Waals surface area contributed by atoms with E-state index in [1.807, 2.05) is 6.92 Å². The van der Waals surface area contributed by atoms with Crippen LogP contribution in [0.15, 0.2) is 36.4 Å². The lowest BCUT2D eigenvalue weighted by molar-refractivity contribution is 0.0520. The van der Waals surface area contributed by atoms with E-state index in [4.69, 9.17) is 9.47 Å². The van der Waals surface area contributed by atoms with Gasteiger partial charge in [-0.2, -0.15) is 0 Å². The van der Waals surface area contributed by atoms with Gasteiger partial charge in [0.25, 0.3) is 5.91 Å². The third-order valence-corrected chi connectivity index (χ3v) is 4.67. The van der Waals surface area contributed by atoms with Crippen LogP contribution in [0, 0.1) is 11.6 Å². The number of ether oxygens (including phenoxy) is 2. The van der Waals surface area contributed by atoms with Crippen molar-refractivity contribution in [3.63, 3.8) is 0 Å². The molecule has 1 fully saturated rings. The monoisotopic (exact) mass is 377 g/mol. The molecule has 7 heteroatoms. The molecule has 0 aliphatic carbocycles. The van der Waals surface area contributed by atoms with Gasteiger partial charge in [0.2, 0.25) is 0 Å². The molecule has 2 aromatic rings. The number of methoxy groups -OCH3 is 1. The molecular formula is C20H21F2NO4. The third kappa shape index (κ3) is 3.79. The summed E-state index contributed by atoms with van der Waals surface area (Å²) >= 11 is 0. The fourth-order valence-corrected chi connectivity index (χ4v) is 3.28. The second-order valence-corrected chi connectivity index (χ2v) is 6.32. The number of carbonyl (C=O) groups is 1. The standard InChI is InChI=1S/C20H21F2NO4/c1-3-23(17-10-27-11-18(17)24)20(25)13-6-4-5-12(7-13)14-8-15(21)19(26-2)16(22)9-14/h4-9,17-18,24H,3,10-11H2,1-2H3/t17-,18-/m0/s1. The van der Waals surface area contributed by atoms with Gasteiger partial charge < -0.3 is 19.5 Å². The summed E-state index contributed by atoms with van der Waals surface area (Å²) in [6.45, 7) is 2.69. The van der Waals surface area contributed by atoms with Gasteiger partial charge in [0, 0.05) is 12.1 Å². The van der Waals surface area contributed by atoms with E-state index in [-0.39, 0.29) is 19.1 Å². The van der Waals surface area contributed by atoms with E-state index in [1.165, 1.54) is 7.11 Å². The summed E-state index contributed by atoms with van der Waals surface area (Å²) in [4.78, 5) is 14.5. The first kappa shape index (κ1) is 19.3. The Kier molecular flexibility index (Phi) is 5.72. The number of halogens is 2. The predicted molar refractivity (Wildman–Crippen MR) is 95.7 cm³/mol. The Bertz CT molecular complexity index is 819. The van der Waals surface area contributed by atoms with Crippen molar-refractivity contribution in [3.05, 3.63) is 53.6 Å². The maximum atomic E-state index is 14.0. The summed E-state index contributed by atoms with van der Waals surface area (Å²) in [5.41, 5.74) is 1.17. The highest BCUT2D eigenvalue weighted by molar-refractivity contribution is 5.95. The lowest BCUT2D eigenvalue weighted by atomic mass is 10.0. The first-order valence-electron chi connectivity index (χ1n) is 8.66. The Balaban J connectivity index is 1.92.